The first-order valence-corrected chi connectivity index (χ1v) is 6.93. The average molecular weight is 278 g/mol. The molecule has 1 aromatic rings. The maximum absolute atomic E-state index is 11.0. The van der Waals surface area contributed by atoms with Gasteiger partial charge < -0.3 is 20.5 Å². The predicted octanol–water partition coefficient (Wildman–Crippen LogP) is 0.521. The number of benzene rings is 1. The molecule has 0 aliphatic carbocycles. The number of ether oxygens (including phenoxy) is 1. The van der Waals surface area contributed by atoms with Crippen LogP contribution in [0.1, 0.15) is 17.5 Å². The van der Waals surface area contributed by atoms with Gasteiger partial charge in [-0.1, -0.05) is 18.2 Å². The molecule has 110 valence electrons. The Kier molecular flexibility index (Phi) is 4.98. The maximum Gasteiger partial charge on any atom is 0.221 e. The number of aliphatic hydroxyl groups excluding tert-OH is 1. The second-order valence-corrected chi connectivity index (χ2v) is 5.30. The summed E-state index contributed by atoms with van der Waals surface area (Å²) in [6, 6.07) is 6.07. The fourth-order valence-electron chi connectivity index (χ4n) is 2.32. The first-order chi connectivity index (χ1) is 9.56. The van der Waals surface area contributed by atoms with Gasteiger partial charge in [0.2, 0.25) is 5.91 Å². The smallest absolute Gasteiger partial charge is 0.221 e. The highest BCUT2D eigenvalue weighted by molar-refractivity contribution is 5.78. The van der Waals surface area contributed by atoms with E-state index in [9.17, 15) is 9.90 Å². The summed E-state index contributed by atoms with van der Waals surface area (Å²) >= 11 is 0. The first-order valence-electron chi connectivity index (χ1n) is 6.93. The molecular formula is C15H22N2O3. The summed E-state index contributed by atoms with van der Waals surface area (Å²) in [4.78, 5) is 11.0. The van der Waals surface area contributed by atoms with Gasteiger partial charge in [0.15, 0.2) is 0 Å². The van der Waals surface area contributed by atoms with E-state index in [1.165, 1.54) is 0 Å². The standard InChI is InChI=1S/C15H22N2O3/c1-10-4-3-5-11(2)15(10)20-9-13(18)8-16-12-6-14(19)17-7-12/h3-5,12-13,16,18H,6-9H2,1-2H3,(H,17,19). The summed E-state index contributed by atoms with van der Waals surface area (Å²) in [5, 5.41) is 15.8. The Balaban J connectivity index is 1.75. The Hall–Kier alpha value is -1.59. The molecule has 0 aromatic heterocycles. The zero-order chi connectivity index (χ0) is 14.5. The van der Waals surface area contributed by atoms with Crippen LogP contribution in [-0.4, -0.2) is 42.9 Å². The van der Waals surface area contributed by atoms with Gasteiger partial charge in [-0.2, -0.15) is 0 Å². The summed E-state index contributed by atoms with van der Waals surface area (Å²) in [5.74, 6) is 0.896. The van der Waals surface area contributed by atoms with Crippen LogP contribution >= 0.6 is 0 Å². The van der Waals surface area contributed by atoms with E-state index >= 15 is 0 Å². The average Bonchev–Trinajstić information content (AvgIpc) is 2.82. The molecule has 2 atom stereocenters. The highest BCUT2D eigenvalue weighted by Gasteiger charge is 2.21. The first kappa shape index (κ1) is 14.8. The van der Waals surface area contributed by atoms with Crippen LogP contribution in [-0.2, 0) is 4.79 Å². The number of amides is 1. The molecule has 1 amide bonds. The van der Waals surface area contributed by atoms with Crippen LogP contribution in [0.2, 0.25) is 0 Å². The highest BCUT2D eigenvalue weighted by Crippen LogP contribution is 2.22. The summed E-state index contributed by atoms with van der Waals surface area (Å²) < 4.78 is 5.69. The van der Waals surface area contributed by atoms with E-state index in [2.05, 4.69) is 10.6 Å². The molecule has 20 heavy (non-hydrogen) atoms. The molecule has 1 saturated heterocycles. The lowest BCUT2D eigenvalue weighted by atomic mass is 10.1. The fourth-order valence-corrected chi connectivity index (χ4v) is 2.32. The van der Waals surface area contributed by atoms with Crippen LogP contribution in [0.3, 0.4) is 0 Å². The number of aliphatic hydroxyl groups is 1. The van der Waals surface area contributed by atoms with Gasteiger partial charge in [-0.3, -0.25) is 4.79 Å². The molecule has 1 heterocycles. The van der Waals surface area contributed by atoms with Gasteiger partial charge >= 0.3 is 0 Å². The molecule has 1 aliphatic heterocycles. The number of hydrogen-bond donors (Lipinski definition) is 3. The molecule has 5 heteroatoms. The number of para-hydroxylation sites is 1. The molecule has 2 unspecified atom stereocenters. The molecule has 0 saturated carbocycles. The van der Waals surface area contributed by atoms with Crippen molar-refractivity contribution in [2.75, 3.05) is 19.7 Å². The third kappa shape index (κ3) is 3.95. The minimum atomic E-state index is -0.593. The van der Waals surface area contributed by atoms with Crippen molar-refractivity contribution in [3.8, 4) is 5.75 Å². The molecule has 1 aromatic carbocycles. The molecule has 0 radical (unpaired) electrons. The van der Waals surface area contributed by atoms with Crippen molar-refractivity contribution >= 4 is 5.91 Å². The lowest BCUT2D eigenvalue weighted by molar-refractivity contribution is -0.119. The second kappa shape index (κ2) is 6.72. The van der Waals surface area contributed by atoms with Crippen molar-refractivity contribution in [3.63, 3.8) is 0 Å². The van der Waals surface area contributed by atoms with E-state index in [-0.39, 0.29) is 18.6 Å². The molecule has 2 rings (SSSR count). The van der Waals surface area contributed by atoms with E-state index in [0.717, 1.165) is 16.9 Å². The lowest BCUT2D eigenvalue weighted by Crippen LogP contribution is -2.39. The van der Waals surface area contributed by atoms with E-state index in [1.54, 1.807) is 0 Å². The van der Waals surface area contributed by atoms with Gasteiger partial charge in [0.1, 0.15) is 18.5 Å². The van der Waals surface area contributed by atoms with E-state index < -0.39 is 6.10 Å². The largest absolute Gasteiger partial charge is 0.490 e. The second-order valence-electron chi connectivity index (χ2n) is 5.30. The molecule has 3 N–H and O–H groups in total. The SMILES string of the molecule is Cc1cccc(C)c1OCC(O)CNC1CNC(=O)C1. The summed E-state index contributed by atoms with van der Waals surface area (Å²) in [6.07, 6.45) is -0.116. The van der Waals surface area contributed by atoms with Gasteiger partial charge in [-0.05, 0) is 25.0 Å². The van der Waals surface area contributed by atoms with E-state index in [4.69, 9.17) is 4.74 Å². The Morgan fingerprint density at radius 1 is 1.45 bits per heavy atom. The third-order valence-electron chi connectivity index (χ3n) is 3.45. The van der Waals surface area contributed by atoms with Gasteiger partial charge in [0, 0.05) is 25.6 Å². The number of nitrogens with one attached hydrogen (secondary N) is 2. The number of carbonyl (C=O) groups is 1. The van der Waals surface area contributed by atoms with Crippen molar-refractivity contribution in [1.82, 2.24) is 10.6 Å². The predicted molar refractivity (Wildman–Crippen MR) is 76.8 cm³/mol. The van der Waals surface area contributed by atoms with Crippen molar-refractivity contribution in [2.24, 2.45) is 0 Å². The van der Waals surface area contributed by atoms with Gasteiger partial charge in [-0.25, -0.2) is 0 Å². The number of carbonyl (C=O) groups excluding carboxylic acids is 1. The van der Waals surface area contributed by atoms with Crippen molar-refractivity contribution < 1.29 is 14.6 Å². The Labute approximate surface area is 119 Å². The quantitative estimate of drug-likeness (QED) is 0.709. The van der Waals surface area contributed by atoms with Crippen LogP contribution in [0, 0.1) is 13.8 Å². The number of rotatable bonds is 6. The maximum atomic E-state index is 11.0. The minimum Gasteiger partial charge on any atom is -0.490 e. The van der Waals surface area contributed by atoms with Gasteiger partial charge in [0.25, 0.3) is 0 Å². The zero-order valence-electron chi connectivity index (χ0n) is 12.0. The lowest BCUT2D eigenvalue weighted by Gasteiger charge is -2.17. The number of hydrogen-bond acceptors (Lipinski definition) is 4. The minimum absolute atomic E-state index is 0.0591. The normalized spacial score (nSPS) is 19.8. The van der Waals surface area contributed by atoms with Crippen molar-refractivity contribution in [2.45, 2.75) is 32.4 Å². The van der Waals surface area contributed by atoms with E-state index in [0.29, 0.717) is 19.5 Å². The Morgan fingerprint density at radius 3 is 2.75 bits per heavy atom. The van der Waals surface area contributed by atoms with Gasteiger partial charge in [0.05, 0.1) is 0 Å². The molecule has 1 fully saturated rings. The van der Waals surface area contributed by atoms with Crippen LogP contribution < -0.4 is 15.4 Å². The molecule has 0 bridgehead atoms. The Bertz CT molecular complexity index is 456. The van der Waals surface area contributed by atoms with Gasteiger partial charge in [-0.15, -0.1) is 0 Å². The highest BCUT2D eigenvalue weighted by atomic mass is 16.5. The zero-order valence-corrected chi connectivity index (χ0v) is 12.0. The van der Waals surface area contributed by atoms with Crippen molar-refractivity contribution in [1.29, 1.82) is 0 Å². The molecule has 1 aliphatic rings. The summed E-state index contributed by atoms with van der Waals surface area (Å²) in [6.45, 7) is 5.27. The summed E-state index contributed by atoms with van der Waals surface area (Å²) in [5.41, 5.74) is 2.13. The molecule has 5 nitrogen and oxygen atoms in total. The van der Waals surface area contributed by atoms with Crippen LogP contribution in [0.25, 0.3) is 0 Å². The monoisotopic (exact) mass is 278 g/mol. The molecule has 0 spiro atoms. The van der Waals surface area contributed by atoms with E-state index in [1.807, 2.05) is 32.0 Å². The number of aryl methyl sites for hydroxylation is 2. The third-order valence-corrected chi connectivity index (χ3v) is 3.45. The fraction of sp³-hybridized carbons (Fsp3) is 0.533. The van der Waals surface area contributed by atoms with Crippen LogP contribution in [0.5, 0.6) is 5.75 Å². The Morgan fingerprint density at radius 2 is 2.15 bits per heavy atom. The van der Waals surface area contributed by atoms with Crippen LogP contribution in [0.4, 0.5) is 0 Å². The topological polar surface area (TPSA) is 70.6 Å². The van der Waals surface area contributed by atoms with Crippen molar-refractivity contribution in [3.05, 3.63) is 29.3 Å². The van der Waals surface area contributed by atoms with Crippen LogP contribution in [0.15, 0.2) is 18.2 Å². The molecular weight excluding hydrogens is 256 g/mol. The summed E-state index contributed by atoms with van der Waals surface area (Å²) in [7, 11) is 0.